The third-order valence-corrected chi connectivity index (χ3v) is 5.72. The van der Waals surface area contributed by atoms with Crippen molar-refractivity contribution in [3.05, 3.63) is 92.9 Å². The summed E-state index contributed by atoms with van der Waals surface area (Å²) in [5, 5.41) is 13.3. The Hall–Kier alpha value is -2.96. The molecule has 1 aromatic carbocycles. The number of halogens is 1. The van der Waals surface area contributed by atoms with Gasteiger partial charge < -0.3 is 10.0 Å². The number of aromatic nitrogens is 1. The Labute approximate surface area is 170 Å². The molecular formula is C21H15ClN2O3S. The van der Waals surface area contributed by atoms with Crippen LogP contribution in [0.3, 0.4) is 0 Å². The van der Waals surface area contributed by atoms with Gasteiger partial charge in [-0.15, -0.1) is 11.3 Å². The summed E-state index contributed by atoms with van der Waals surface area (Å²) in [6, 6.07) is 13.2. The number of benzene rings is 1. The van der Waals surface area contributed by atoms with E-state index >= 15 is 0 Å². The molecule has 1 aliphatic rings. The molecule has 4 rings (SSSR count). The summed E-state index contributed by atoms with van der Waals surface area (Å²) < 4.78 is 0. The predicted molar refractivity (Wildman–Crippen MR) is 108 cm³/mol. The van der Waals surface area contributed by atoms with Crippen LogP contribution in [0.1, 0.15) is 22.0 Å². The molecule has 1 amide bonds. The summed E-state index contributed by atoms with van der Waals surface area (Å²) in [7, 11) is 0. The molecule has 1 aliphatic heterocycles. The Morgan fingerprint density at radius 2 is 1.93 bits per heavy atom. The molecule has 0 spiro atoms. The number of pyridine rings is 1. The Balaban J connectivity index is 1.83. The van der Waals surface area contributed by atoms with Gasteiger partial charge in [0.25, 0.3) is 11.7 Å². The van der Waals surface area contributed by atoms with Crippen molar-refractivity contribution in [2.75, 3.05) is 0 Å². The van der Waals surface area contributed by atoms with Crippen LogP contribution in [-0.2, 0) is 16.1 Å². The van der Waals surface area contributed by atoms with Gasteiger partial charge in [0, 0.05) is 34.4 Å². The monoisotopic (exact) mass is 410 g/mol. The van der Waals surface area contributed by atoms with Crippen LogP contribution in [0.2, 0.25) is 5.02 Å². The van der Waals surface area contributed by atoms with E-state index in [1.54, 1.807) is 42.7 Å². The Morgan fingerprint density at radius 1 is 1.14 bits per heavy atom. The van der Waals surface area contributed by atoms with E-state index in [1.807, 2.05) is 23.6 Å². The van der Waals surface area contributed by atoms with Gasteiger partial charge in [-0.1, -0.05) is 23.7 Å². The van der Waals surface area contributed by atoms with E-state index in [0.717, 1.165) is 10.4 Å². The molecule has 0 saturated carbocycles. The minimum Gasteiger partial charge on any atom is -0.507 e. The van der Waals surface area contributed by atoms with Crippen molar-refractivity contribution >= 4 is 40.4 Å². The molecule has 1 N–H and O–H groups in total. The third kappa shape index (κ3) is 3.32. The zero-order valence-corrected chi connectivity index (χ0v) is 16.2. The highest BCUT2D eigenvalue weighted by atomic mass is 35.5. The lowest BCUT2D eigenvalue weighted by Gasteiger charge is -2.24. The maximum absolute atomic E-state index is 12.8. The summed E-state index contributed by atoms with van der Waals surface area (Å²) in [4.78, 5) is 32.0. The molecule has 140 valence electrons. The third-order valence-electron chi connectivity index (χ3n) is 4.55. The molecule has 7 heteroatoms. The van der Waals surface area contributed by atoms with Gasteiger partial charge in [-0.3, -0.25) is 14.6 Å². The van der Waals surface area contributed by atoms with Gasteiger partial charge in [0.15, 0.2) is 0 Å². The number of aliphatic hydroxyl groups excluding tert-OH is 1. The van der Waals surface area contributed by atoms with Crippen molar-refractivity contribution in [3.63, 3.8) is 0 Å². The normalized spacial score (nSPS) is 18.6. The Bertz CT molecular complexity index is 1050. The molecular weight excluding hydrogens is 396 g/mol. The van der Waals surface area contributed by atoms with Crippen molar-refractivity contribution in [1.29, 1.82) is 0 Å². The number of nitrogens with zero attached hydrogens (tertiary/aromatic N) is 2. The van der Waals surface area contributed by atoms with Crippen LogP contribution in [0.25, 0.3) is 5.76 Å². The first-order valence-corrected chi connectivity index (χ1v) is 9.78. The number of carbonyl (C=O) groups excluding carboxylic acids is 2. The highest BCUT2D eigenvalue weighted by Gasteiger charge is 2.46. The lowest BCUT2D eigenvalue weighted by Crippen LogP contribution is -2.28. The van der Waals surface area contributed by atoms with Crippen LogP contribution in [0.15, 0.2) is 71.9 Å². The second kappa shape index (κ2) is 7.58. The minimum atomic E-state index is -0.699. The minimum absolute atomic E-state index is 0.0821. The lowest BCUT2D eigenvalue weighted by molar-refractivity contribution is -0.140. The molecule has 3 aromatic rings. The standard InChI is InChI=1S/C21H15ClN2O3S/c22-15-7-5-14(6-8-15)19(25)17-18(16-4-2-10-28-16)24(21(27)20(17)26)12-13-3-1-9-23-11-13/h1-11,18,25H,12H2/b19-17-. The van der Waals surface area contributed by atoms with Crippen LogP contribution in [0.4, 0.5) is 0 Å². The number of Topliss-reactive ketones (excluding diaryl/α,β-unsaturated/α-hetero) is 1. The van der Waals surface area contributed by atoms with Gasteiger partial charge in [-0.05, 0) is 47.3 Å². The fourth-order valence-electron chi connectivity index (χ4n) is 3.24. The first kappa shape index (κ1) is 18.4. The fraction of sp³-hybridized carbons (Fsp3) is 0.0952. The summed E-state index contributed by atoms with van der Waals surface area (Å²) in [6.45, 7) is 0.221. The topological polar surface area (TPSA) is 70.5 Å². The first-order valence-electron chi connectivity index (χ1n) is 8.53. The smallest absolute Gasteiger partial charge is 0.295 e. The molecule has 0 bridgehead atoms. The van der Waals surface area contributed by atoms with Crippen molar-refractivity contribution in [2.45, 2.75) is 12.6 Å². The number of thiophene rings is 1. The largest absolute Gasteiger partial charge is 0.507 e. The molecule has 1 unspecified atom stereocenters. The number of likely N-dealkylation sites (tertiary alicyclic amines) is 1. The molecule has 1 fully saturated rings. The van der Waals surface area contributed by atoms with E-state index in [2.05, 4.69) is 4.98 Å². The summed E-state index contributed by atoms with van der Waals surface area (Å²) >= 11 is 7.35. The highest BCUT2D eigenvalue weighted by Crippen LogP contribution is 2.41. The van der Waals surface area contributed by atoms with E-state index < -0.39 is 17.7 Å². The zero-order valence-electron chi connectivity index (χ0n) is 14.6. The lowest BCUT2D eigenvalue weighted by atomic mass is 10.00. The molecule has 2 aromatic heterocycles. The summed E-state index contributed by atoms with van der Waals surface area (Å²) in [6.07, 6.45) is 3.30. The second-order valence-corrected chi connectivity index (χ2v) is 7.73. The Morgan fingerprint density at radius 3 is 2.57 bits per heavy atom. The summed E-state index contributed by atoms with van der Waals surface area (Å²) in [5.41, 5.74) is 1.32. The number of aliphatic hydroxyl groups is 1. The quantitative estimate of drug-likeness (QED) is 0.392. The molecule has 0 aliphatic carbocycles. The SMILES string of the molecule is O=C1C(=O)N(Cc2cccnc2)C(c2cccs2)/C1=C(/O)c1ccc(Cl)cc1. The number of amides is 1. The predicted octanol–water partition coefficient (Wildman–Crippen LogP) is 4.42. The molecule has 3 heterocycles. The average Bonchev–Trinajstić information content (AvgIpc) is 3.32. The van der Waals surface area contributed by atoms with Crippen molar-refractivity contribution in [3.8, 4) is 0 Å². The van der Waals surface area contributed by atoms with Gasteiger partial charge >= 0.3 is 0 Å². The number of carbonyl (C=O) groups is 2. The number of hydrogen-bond acceptors (Lipinski definition) is 5. The van der Waals surface area contributed by atoms with Crippen LogP contribution in [-0.4, -0.2) is 26.7 Å². The van der Waals surface area contributed by atoms with Gasteiger partial charge in [-0.2, -0.15) is 0 Å². The van der Waals surface area contributed by atoms with Gasteiger partial charge in [0.1, 0.15) is 5.76 Å². The maximum Gasteiger partial charge on any atom is 0.295 e. The van der Waals surface area contributed by atoms with E-state index in [0.29, 0.717) is 10.6 Å². The molecule has 1 atom stereocenters. The van der Waals surface area contributed by atoms with Crippen LogP contribution >= 0.6 is 22.9 Å². The zero-order chi connectivity index (χ0) is 19.7. The number of hydrogen-bond donors (Lipinski definition) is 1. The van der Waals surface area contributed by atoms with Crippen molar-refractivity contribution in [1.82, 2.24) is 9.88 Å². The van der Waals surface area contributed by atoms with E-state index in [1.165, 1.54) is 16.2 Å². The first-order chi connectivity index (χ1) is 13.6. The molecule has 28 heavy (non-hydrogen) atoms. The van der Waals surface area contributed by atoms with Gasteiger partial charge in [0.05, 0.1) is 11.6 Å². The van der Waals surface area contributed by atoms with Crippen molar-refractivity contribution < 1.29 is 14.7 Å². The average molecular weight is 411 g/mol. The molecule has 5 nitrogen and oxygen atoms in total. The highest BCUT2D eigenvalue weighted by molar-refractivity contribution is 7.10. The van der Waals surface area contributed by atoms with Gasteiger partial charge in [0.2, 0.25) is 0 Å². The maximum atomic E-state index is 12.8. The number of rotatable bonds is 4. The van der Waals surface area contributed by atoms with Gasteiger partial charge in [-0.25, -0.2) is 0 Å². The fourth-order valence-corrected chi connectivity index (χ4v) is 4.21. The van der Waals surface area contributed by atoms with E-state index in [9.17, 15) is 14.7 Å². The summed E-state index contributed by atoms with van der Waals surface area (Å²) in [5.74, 6) is -1.55. The van der Waals surface area contributed by atoms with E-state index in [-0.39, 0.29) is 17.9 Å². The molecule has 0 radical (unpaired) electrons. The molecule has 1 saturated heterocycles. The van der Waals surface area contributed by atoms with Crippen LogP contribution < -0.4 is 0 Å². The van der Waals surface area contributed by atoms with Crippen molar-refractivity contribution in [2.24, 2.45) is 0 Å². The second-order valence-electron chi connectivity index (χ2n) is 6.31. The van der Waals surface area contributed by atoms with E-state index in [4.69, 9.17) is 11.6 Å². The number of ketones is 1. The van der Waals surface area contributed by atoms with Crippen LogP contribution in [0, 0.1) is 0 Å². The van der Waals surface area contributed by atoms with Crippen LogP contribution in [0.5, 0.6) is 0 Å². The Kier molecular flexibility index (Phi) is 4.98.